The van der Waals surface area contributed by atoms with Crippen molar-refractivity contribution in [1.82, 2.24) is 4.57 Å². The monoisotopic (exact) mass is 846 g/mol. The fourth-order valence-corrected chi connectivity index (χ4v) is 13.3. The summed E-state index contributed by atoms with van der Waals surface area (Å²) in [4.78, 5) is 5.05. The normalized spacial score (nSPS) is 16.0. The van der Waals surface area contributed by atoms with Crippen molar-refractivity contribution in [3.05, 3.63) is 252 Å². The maximum atomic E-state index is 2.51. The van der Waals surface area contributed by atoms with E-state index in [0.717, 1.165) is 17.1 Å². The van der Waals surface area contributed by atoms with Crippen LogP contribution in [0.4, 0.5) is 17.1 Å². The molecule has 2 aliphatic carbocycles. The van der Waals surface area contributed by atoms with Gasteiger partial charge >= 0.3 is 0 Å². The van der Waals surface area contributed by atoms with Gasteiger partial charge in [0.1, 0.15) is 0 Å². The number of rotatable bonds is 4. The first-order valence-electron chi connectivity index (χ1n) is 22.7. The molecule has 1 aromatic heterocycles. The smallest absolute Gasteiger partial charge is 0.0736 e. The van der Waals surface area contributed by atoms with Crippen molar-refractivity contribution in [3.63, 3.8) is 0 Å². The molecule has 3 heteroatoms. The summed E-state index contributed by atoms with van der Waals surface area (Å²) in [5.41, 5.74) is 19.7. The second kappa shape index (κ2) is 13.5. The molecule has 0 bridgehead atoms. The topological polar surface area (TPSA) is 8.17 Å². The number of anilines is 3. The maximum Gasteiger partial charge on any atom is 0.0736 e. The Morgan fingerprint density at radius 2 is 1.02 bits per heavy atom. The van der Waals surface area contributed by atoms with Crippen molar-refractivity contribution in [2.24, 2.45) is 0 Å². The molecule has 306 valence electrons. The van der Waals surface area contributed by atoms with Gasteiger partial charge in [0.2, 0.25) is 0 Å². The Kier molecular flexibility index (Phi) is 7.63. The molecule has 11 aromatic rings. The zero-order valence-corrected chi connectivity index (χ0v) is 36.9. The first-order valence-corrected chi connectivity index (χ1v) is 23.5. The van der Waals surface area contributed by atoms with E-state index in [-0.39, 0.29) is 5.41 Å². The Balaban J connectivity index is 1.02. The highest BCUT2D eigenvalue weighted by atomic mass is 32.2. The molecule has 2 nitrogen and oxygen atoms in total. The van der Waals surface area contributed by atoms with Gasteiger partial charge in [-0.1, -0.05) is 177 Å². The van der Waals surface area contributed by atoms with Crippen LogP contribution >= 0.6 is 11.8 Å². The number of hydrogen-bond donors (Lipinski definition) is 0. The molecule has 14 rings (SSSR count). The molecule has 0 fully saturated rings. The van der Waals surface area contributed by atoms with Crippen molar-refractivity contribution in [2.75, 3.05) is 4.90 Å². The highest BCUT2D eigenvalue weighted by Gasteiger charge is 2.49. The van der Waals surface area contributed by atoms with Gasteiger partial charge in [0.15, 0.2) is 0 Å². The molecule has 0 saturated carbocycles. The lowest BCUT2D eigenvalue weighted by molar-refractivity contribution is 0.660. The Bertz CT molecular complexity index is 3800. The standard InChI is InChI=1S/C62H42N2S/c1-61(2)48-25-9-7-23-46(48)60-51(61)28-16-31-56(60)64-54-30-12-8-22-44(54)47-37-41(33-35-55(47)64)63(40-19-4-3-5-20-40)42-34-36-58-53(38-42)62(50-27-11-13-32-57(50)65-58)49-26-10-6-21-43(49)45-24-14-17-39-18-15-29-52(62)59(39)45/h3-38H,1-2H3. The van der Waals surface area contributed by atoms with E-state index in [9.17, 15) is 0 Å². The third-order valence-electron chi connectivity index (χ3n) is 14.8. The van der Waals surface area contributed by atoms with Crippen LogP contribution in [-0.4, -0.2) is 4.57 Å². The third-order valence-corrected chi connectivity index (χ3v) is 16.0. The molecule has 2 heterocycles. The molecule has 1 aliphatic heterocycles. The number of fused-ring (bicyclic) bond motifs is 14. The fraction of sp³-hybridized carbons (Fsp3) is 0.0645. The zero-order valence-electron chi connectivity index (χ0n) is 36.1. The van der Waals surface area contributed by atoms with Gasteiger partial charge in [0.25, 0.3) is 0 Å². The summed E-state index contributed by atoms with van der Waals surface area (Å²) in [6.07, 6.45) is 0. The van der Waals surface area contributed by atoms with Gasteiger partial charge < -0.3 is 9.47 Å². The van der Waals surface area contributed by atoms with Crippen LogP contribution in [0.1, 0.15) is 47.2 Å². The lowest BCUT2D eigenvalue weighted by atomic mass is 9.59. The van der Waals surface area contributed by atoms with Gasteiger partial charge in [-0.2, -0.15) is 0 Å². The minimum Gasteiger partial charge on any atom is -0.310 e. The van der Waals surface area contributed by atoms with Gasteiger partial charge in [0.05, 0.1) is 22.1 Å². The summed E-state index contributed by atoms with van der Waals surface area (Å²) in [7, 11) is 0. The van der Waals surface area contributed by atoms with E-state index in [1.807, 2.05) is 11.8 Å². The van der Waals surface area contributed by atoms with Gasteiger partial charge in [0, 0.05) is 48.6 Å². The number of nitrogens with zero attached hydrogens (tertiary/aromatic N) is 2. The molecule has 1 unspecified atom stereocenters. The molecule has 0 saturated heterocycles. The number of benzene rings is 10. The Morgan fingerprint density at radius 1 is 0.400 bits per heavy atom. The first-order chi connectivity index (χ1) is 32.0. The second-order valence-electron chi connectivity index (χ2n) is 18.4. The molecule has 0 amide bonds. The SMILES string of the molecule is CC1(C)c2ccccc2-c2c(-n3c4ccccc4c4cc(N(c5ccccc5)c5ccc6c(c5)C5(c7ccccc7S6)c6ccccc6-c6cccc7cccc5c67)ccc43)cccc21. The average Bonchev–Trinajstić information content (AvgIpc) is 3.81. The van der Waals surface area contributed by atoms with Crippen LogP contribution in [-0.2, 0) is 10.8 Å². The Morgan fingerprint density at radius 3 is 1.89 bits per heavy atom. The van der Waals surface area contributed by atoms with Gasteiger partial charge in [-0.3, -0.25) is 0 Å². The molecule has 65 heavy (non-hydrogen) atoms. The Labute approximate surface area is 383 Å². The molecule has 3 aliphatic rings. The van der Waals surface area contributed by atoms with Gasteiger partial charge in [-0.05, 0) is 128 Å². The van der Waals surface area contributed by atoms with Crippen LogP contribution < -0.4 is 4.90 Å². The fourth-order valence-electron chi connectivity index (χ4n) is 12.1. The molecule has 1 atom stereocenters. The highest BCUT2D eigenvalue weighted by molar-refractivity contribution is 7.99. The quantitative estimate of drug-likeness (QED) is 0.174. The van der Waals surface area contributed by atoms with Crippen molar-refractivity contribution < 1.29 is 0 Å². The highest BCUT2D eigenvalue weighted by Crippen LogP contribution is 2.62. The minimum absolute atomic E-state index is 0.0896. The molecule has 0 N–H and O–H groups in total. The summed E-state index contributed by atoms with van der Waals surface area (Å²) < 4.78 is 2.51. The van der Waals surface area contributed by atoms with E-state index in [2.05, 4.69) is 242 Å². The van der Waals surface area contributed by atoms with Crippen molar-refractivity contribution in [1.29, 1.82) is 0 Å². The molecule has 0 radical (unpaired) electrons. The van der Waals surface area contributed by atoms with Crippen molar-refractivity contribution in [3.8, 4) is 27.9 Å². The number of para-hydroxylation sites is 2. The van der Waals surface area contributed by atoms with Crippen LogP contribution in [0.15, 0.2) is 228 Å². The van der Waals surface area contributed by atoms with Crippen molar-refractivity contribution >= 4 is 61.4 Å². The van der Waals surface area contributed by atoms with E-state index in [0.29, 0.717) is 0 Å². The third kappa shape index (κ3) is 4.91. The first kappa shape index (κ1) is 36.8. The summed E-state index contributed by atoms with van der Waals surface area (Å²) in [6, 6.07) is 82.0. The summed E-state index contributed by atoms with van der Waals surface area (Å²) >= 11 is 1.89. The largest absolute Gasteiger partial charge is 0.310 e. The summed E-state index contributed by atoms with van der Waals surface area (Å²) in [5.74, 6) is 0. The second-order valence-corrected chi connectivity index (χ2v) is 19.5. The van der Waals surface area contributed by atoms with Crippen LogP contribution in [0.2, 0.25) is 0 Å². The lowest BCUT2D eigenvalue weighted by Gasteiger charge is -2.46. The van der Waals surface area contributed by atoms with E-state index in [4.69, 9.17) is 0 Å². The number of aromatic nitrogens is 1. The molecular weight excluding hydrogens is 805 g/mol. The summed E-state index contributed by atoms with van der Waals surface area (Å²) in [5, 5.41) is 5.08. The number of hydrogen-bond acceptors (Lipinski definition) is 2. The predicted molar refractivity (Wildman–Crippen MR) is 272 cm³/mol. The van der Waals surface area contributed by atoms with Crippen LogP contribution in [0.5, 0.6) is 0 Å². The maximum absolute atomic E-state index is 2.51. The van der Waals surface area contributed by atoms with Crippen LogP contribution in [0, 0.1) is 0 Å². The van der Waals surface area contributed by atoms with Crippen LogP contribution in [0.3, 0.4) is 0 Å². The van der Waals surface area contributed by atoms with Gasteiger partial charge in [-0.15, -0.1) is 0 Å². The van der Waals surface area contributed by atoms with E-state index < -0.39 is 5.41 Å². The molecular formula is C62H42N2S. The molecule has 1 spiro atoms. The zero-order chi connectivity index (χ0) is 43.0. The minimum atomic E-state index is -0.541. The predicted octanol–water partition coefficient (Wildman–Crippen LogP) is 16.5. The summed E-state index contributed by atoms with van der Waals surface area (Å²) in [6.45, 7) is 4.73. The van der Waals surface area contributed by atoms with E-state index in [1.54, 1.807) is 0 Å². The molecule has 10 aromatic carbocycles. The van der Waals surface area contributed by atoms with Crippen molar-refractivity contribution in [2.45, 2.75) is 34.5 Å². The van der Waals surface area contributed by atoms with Crippen LogP contribution in [0.25, 0.3) is 60.5 Å². The average molecular weight is 847 g/mol. The van der Waals surface area contributed by atoms with Gasteiger partial charge in [-0.25, -0.2) is 0 Å². The lowest BCUT2D eigenvalue weighted by Crippen LogP contribution is -2.36. The Hall–Kier alpha value is -7.59. The van der Waals surface area contributed by atoms with E-state index in [1.165, 1.54) is 104 Å². The van der Waals surface area contributed by atoms with E-state index >= 15 is 0 Å².